The van der Waals surface area contributed by atoms with Crippen LogP contribution in [0.1, 0.15) is 33.6 Å². The van der Waals surface area contributed by atoms with Crippen LogP contribution in [0, 0.1) is 5.92 Å². The van der Waals surface area contributed by atoms with E-state index in [4.69, 9.17) is 9.47 Å². The number of likely N-dealkylation sites (tertiary alicyclic amines) is 1. The van der Waals surface area contributed by atoms with Gasteiger partial charge in [0.15, 0.2) is 0 Å². The molecule has 0 aliphatic carbocycles. The van der Waals surface area contributed by atoms with Crippen molar-refractivity contribution in [3.63, 3.8) is 0 Å². The van der Waals surface area contributed by atoms with Crippen molar-refractivity contribution in [3.8, 4) is 0 Å². The van der Waals surface area contributed by atoms with E-state index < -0.39 is 46.1 Å². The minimum atomic E-state index is -4.38. The molecule has 1 fully saturated rings. The number of carbonyl (C=O) groups excluding carboxylic acids is 2. The molecule has 1 rings (SSSR count). The van der Waals surface area contributed by atoms with E-state index in [1.165, 1.54) is 4.90 Å². The van der Waals surface area contributed by atoms with Crippen molar-refractivity contribution < 1.29 is 32.0 Å². The van der Waals surface area contributed by atoms with Gasteiger partial charge in [0.05, 0.1) is 21.8 Å². The SMILES string of the molecule is CC(C)(C)OC(=O)N1CCC(C(=O)OCCS(=O)(=O)[O-])CC1. The summed E-state index contributed by atoms with van der Waals surface area (Å²) in [5.41, 5.74) is -0.573. The standard InChI is InChI=1S/C13H23NO7S/c1-13(2,3)21-12(16)14-6-4-10(5-7-14)11(15)20-8-9-22(17,18)19/h10H,4-9H2,1-3H3,(H,17,18,19)/p-1. The molecule has 0 aromatic carbocycles. The molecule has 0 bridgehead atoms. The van der Waals surface area contributed by atoms with Crippen LogP contribution >= 0.6 is 0 Å². The van der Waals surface area contributed by atoms with E-state index in [2.05, 4.69) is 0 Å². The zero-order valence-corrected chi connectivity index (χ0v) is 13.8. The normalized spacial score (nSPS) is 17.2. The molecule has 8 nitrogen and oxygen atoms in total. The molecule has 1 amide bonds. The largest absolute Gasteiger partial charge is 0.748 e. The Balaban J connectivity index is 2.35. The highest BCUT2D eigenvalue weighted by Crippen LogP contribution is 2.20. The third-order valence-electron chi connectivity index (χ3n) is 3.06. The Hall–Kier alpha value is -1.35. The number of hydrogen-bond donors (Lipinski definition) is 0. The number of piperidine rings is 1. The van der Waals surface area contributed by atoms with Crippen LogP contribution < -0.4 is 0 Å². The average Bonchev–Trinajstić information content (AvgIpc) is 2.35. The Kier molecular flexibility index (Phi) is 6.18. The zero-order valence-electron chi connectivity index (χ0n) is 13.0. The van der Waals surface area contributed by atoms with Crippen LogP contribution in [0.5, 0.6) is 0 Å². The predicted molar refractivity (Wildman–Crippen MR) is 76.1 cm³/mol. The third kappa shape index (κ3) is 7.08. The number of esters is 1. The lowest BCUT2D eigenvalue weighted by Gasteiger charge is -2.32. The van der Waals surface area contributed by atoms with Crippen molar-refractivity contribution in [3.05, 3.63) is 0 Å². The maximum atomic E-state index is 11.9. The quantitative estimate of drug-likeness (QED) is 0.549. The van der Waals surface area contributed by atoms with E-state index in [9.17, 15) is 22.6 Å². The molecule has 1 saturated heterocycles. The van der Waals surface area contributed by atoms with Crippen LogP contribution in [0.2, 0.25) is 0 Å². The van der Waals surface area contributed by atoms with Gasteiger partial charge < -0.3 is 18.9 Å². The second-order valence-corrected chi connectivity index (χ2v) is 7.69. The Morgan fingerprint density at radius 3 is 2.23 bits per heavy atom. The molecular weight excluding hydrogens is 314 g/mol. The summed E-state index contributed by atoms with van der Waals surface area (Å²) in [5.74, 6) is -1.66. The van der Waals surface area contributed by atoms with Crippen molar-refractivity contribution in [2.75, 3.05) is 25.4 Å². The number of amides is 1. The molecule has 0 N–H and O–H groups in total. The van der Waals surface area contributed by atoms with Gasteiger partial charge in [0.2, 0.25) is 0 Å². The summed E-state index contributed by atoms with van der Waals surface area (Å²) < 4.78 is 41.3. The monoisotopic (exact) mass is 336 g/mol. The molecule has 1 aliphatic heterocycles. The molecule has 0 aromatic rings. The Bertz CT molecular complexity index is 501. The first-order valence-corrected chi connectivity index (χ1v) is 8.64. The summed E-state index contributed by atoms with van der Waals surface area (Å²) in [6, 6.07) is 0. The van der Waals surface area contributed by atoms with Crippen LogP contribution in [0.25, 0.3) is 0 Å². The highest BCUT2D eigenvalue weighted by Gasteiger charge is 2.30. The fourth-order valence-electron chi connectivity index (χ4n) is 1.99. The lowest BCUT2D eigenvalue weighted by atomic mass is 9.97. The van der Waals surface area contributed by atoms with Gasteiger partial charge in [0.25, 0.3) is 0 Å². The molecule has 1 aliphatic rings. The fraction of sp³-hybridized carbons (Fsp3) is 0.846. The van der Waals surface area contributed by atoms with Gasteiger partial charge in [-0.1, -0.05) is 0 Å². The molecule has 128 valence electrons. The van der Waals surface area contributed by atoms with Gasteiger partial charge in [-0.15, -0.1) is 0 Å². The van der Waals surface area contributed by atoms with E-state index in [0.29, 0.717) is 25.9 Å². The van der Waals surface area contributed by atoms with Gasteiger partial charge in [-0.3, -0.25) is 4.79 Å². The maximum absolute atomic E-state index is 11.9. The summed E-state index contributed by atoms with van der Waals surface area (Å²) >= 11 is 0. The summed E-state index contributed by atoms with van der Waals surface area (Å²) in [6.45, 7) is 5.64. The van der Waals surface area contributed by atoms with E-state index in [1.54, 1.807) is 20.8 Å². The van der Waals surface area contributed by atoms with Crippen LogP contribution in [-0.4, -0.2) is 61.0 Å². The van der Waals surface area contributed by atoms with Crippen LogP contribution in [0.15, 0.2) is 0 Å². The van der Waals surface area contributed by atoms with Gasteiger partial charge in [0, 0.05) is 13.1 Å². The second kappa shape index (κ2) is 7.28. The lowest BCUT2D eigenvalue weighted by molar-refractivity contribution is -0.149. The van der Waals surface area contributed by atoms with E-state index in [0.717, 1.165) is 0 Å². The molecular formula is C13H22NO7S-. The van der Waals surface area contributed by atoms with Gasteiger partial charge in [-0.05, 0) is 33.6 Å². The molecule has 9 heteroatoms. The molecule has 0 unspecified atom stereocenters. The number of hydrogen-bond acceptors (Lipinski definition) is 7. The zero-order chi connectivity index (χ0) is 17.0. The predicted octanol–water partition coefficient (Wildman–Crippen LogP) is 0.722. The number of nitrogens with zero attached hydrogens (tertiary/aromatic N) is 1. The third-order valence-corrected chi connectivity index (χ3v) is 3.72. The van der Waals surface area contributed by atoms with Gasteiger partial charge in [-0.25, -0.2) is 13.2 Å². The first-order valence-electron chi connectivity index (χ1n) is 7.06. The van der Waals surface area contributed by atoms with Crippen molar-refractivity contribution >= 4 is 22.2 Å². The molecule has 1 heterocycles. The average molecular weight is 336 g/mol. The summed E-state index contributed by atoms with van der Waals surface area (Å²) in [4.78, 5) is 25.1. The Morgan fingerprint density at radius 1 is 1.23 bits per heavy atom. The van der Waals surface area contributed by atoms with Crippen molar-refractivity contribution in [1.82, 2.24) is 4.90 Å². The van der Waals surface area contributed by atoms with E-state index >= 15 is 0 Å². The van der Waals surface area contributed by atoms with Gasteiger partial charge >= 0.3 is 12.1 Å². The van der Waals surface area contributed by atoms with Crippen LogP contribution in [0.4, 0.5) is 4.79 Å². The Labute approximate surface area is 130 Å². The fourth-order valence-corrected chi connectivity index (χ4v) is 2.27. The second-order valence-electron chi connectivity index (χ2n) is 6.17. The van der Waals surface area contributed by atoms with Gasteiger partial charge in [-0.2, -0.15) is 0 Å². The van der Waals surface area contributed by atoms with Gasteiger partial charge in [0.1, 0.15) is 12.2 Å². The lowest BCUT2D eigenvalue weighted by Crippen LogP contribution is -2.43. The number of carbonyl (C=O) groups is 2. The summed E-state index contributed by atoms with van der Waals surface area (Å²) in [6.07, 6.45) is 0.418. The minimum Gasteiger partial charge on any atom is -0.748 e. The molecule has 22 heavy (non-hydrogen) atoms. The van der Waals surface area contributed by atoms with Crippen LogP contribution in [0.3, 0.4) is 0 Å². The van der Waals surface area contributed by atoms with Crippen LogP contribution in [-0.2, 0) is 24.4 Å². The first-order chi connectivity index (χ1) is 9.98. The Morgan fingerprint density at radius 2 is 1.77 bits per heavy atom. The smallest absolute Gasteiger partial charge is 0.410 e. The summed E-state index contributed by atoms with van der Waals surface area (Å²) in [5, 5.41) is 0. The molecule has 0 saturated carbocycles. The highest BCUT2D eigenvalue weighted by molar-refractivity contribution is 7.85. The number of rotatable bonds is 4. The maximum Gasteiger partial charge on any atom is 0.410 e. The molecule has 0 spiro atoms. The molecule has 0 atom stereocenters. The highest BCUT2D eigenvalue weighted by atomic mass is 32.2. The number of ether oxygens (including phenoxy) is 2. The molecule has 0 aromatic heterocycles. The first kappa shape index (κ1) is 18.7. The summed E-state index contributed by atoms with van der Waals surface area (Å²) in [7, 11) is -4.38. The van der Waals surface area contributed by atoms with Crippen molar-refractivity contribution in [1.29, 1.82) is 0 Å². The van der Waals surface area contributed by atoms with Crippen molar-refractivity contribution in [2.24, 2.45) is 5.92 Å². The van der Waals surface area contributed by atoms with Crippen molar-refractivity contribution in [2.45, 2.75) is 39.2 Å². The molecule has 0 radical (unpaired) electrons. The minimum absolute atomic E-state index is 0.370. The van der Waals surface area contributed by atoms with E-state index in [-0.39, 0.29) is 0 Å². The van der Waals surface area contributed by atoms with E-state index in [1.807, 2.05) is 0 Å². The topological polar surface area (TPSA) is 113 Å².